The first-order valence-electron chi connectivity index (χ1n) is 6.22. The van der Waals surface area contributed by atoms with Crippen LogP contribution in [-0.2, 0) is 11.3 Å². The minimum absolute atomic E-state index is 0.328. The fourth-order valence-electron chi connectivity index (χ4n) is 2.29. The van der Waals surface area contributed by atoms with Crippen LogP contribution < -0.4 is 5.73 Å². The standard InChI is InChI=1S/C14H19N3O2/c1-9-11(7-17(2)8-12(15)14(18)19)10-5-3-4-6-13(10)16-9/h3-6,12,16H,7-8,15H2,1-2H3,(H,18,19). The van der Waals surface area contributed by atoms with Crippen molar-refractivity contribution >= 4 is 16.9 Å². The molecule has 0 saturated heterocycles. The third kappa shape index (κ3) is 2.94. The fourth-order valence-corrected chi connectivity index (χ4v) is 2.29. The molecule has 5 nitrogen and oxygen atoms in total. The zero-order valence-electron chi connectivity index (χ0n) is 11.2. The van der Waals surface area contributed by atoms with E-state index < -0.39 is 12.0 Å². The van der Waals surface area contributed by atoms with Crippen LogP contribution in [-0.4, -0.2) is 40.6 Å². The van der Waals surface area contributed by atoms with Gasteiger partial charge in [0.05, 0.1) is 0 Å². The summed E-state index contributed by atoms with van der Waals surface area (Å²) in [7, 11) is 1.88. The van der Waals surface area contributed by atoms with Gasteiger partial charge in [0.1, 0.15) is 6.04 Å². The van der Waals surface area contributed by atoms with Crippen molar-refractivity contribution in [2.75, 3.05) is 13.6 Å². The van der Waals surface area contributed by atoms with E-state index in [4.69, 9.17) is 10.8 Å². The number of benzene rings is 1. The summed E-state index contributed by atoms with van der Waals surface area (Å²) in [6.45, 7) is 3.03. The van der Waals surface area contributed by atoms with Crippen LogP contribution in [0.25, 0.3) is 10.9 Å². The number of hydrogen-bond acceptors (Lipinski definition) is 3. The number of aliphatic carboxylic acids is 1. The lowest BCUT2D eigenvalue weighted by molar-refractivity contribution is -0.138. The van der Waals surface area contributed by atoms with Gasteiger partial charge in [0.2, 0.25) is 0 Å². The average Bonchev–Trinajstić information content (AvgIpc) is 2.66. The molecule has 0 aliphatic heterocycles. The number of carbonyl (C=O) groups is 1. The molecule has 102 valence electrons. The largest absolute Gasteiger partial charge is 0.480 e. The van der Waals surface area contributed by atoms with Gasteiger partial charge >= 0.3 is 5.97 Å². The number of fused-ring (bicyclic) bond motifs is 1. The van der Waals surface area contributed by atoms with E-state index in [0.29, 0.717) is 13.1 Å². The van der Waals surface area contributed by atoms with E-state index in [9.17, 15) is 4.79 Å². The minimum Gasteiger partial charge on any atom is -0.480 e. The number of nitrogens with one attached hydrogen (secondary N) is 1. The molecular formula is C14H19N3O2. The highest BCUT2D eigenvalue weighted by Crippen LogP contribution is 2.22. The lowest BCUT2D eigenvalue weighted by Crippen LogP contribution is -2.40. The first-order chi connectivity index (χ1) is 8.99. The number of carboxylic acid groups (broad SMARTS) is 1. The Labute approximate surface area is 112 Å². The quantitative estimate of drug-likeness (QED) is 0.758. The summed E-state index contributed by atoms with van der Waals surface area (Å²) in [5, 5.41) is 10.0. The van der Waals surface area contributed by atoms with Crippen molar-refractivity contribution in [3.8, 4) is 0 Å². The zero-order chi connectivity index (χ0) is 14.0. The molecule has 0 aliphatic rings. The van der Waals surface area contributed by atoms with E-state index >= 15 is 0 Å². The molecule has 1 aromatic heterocycles. The van der Waals surface area contributed by atoms with Crippen molar-refractivity contribution in [3.05, 3.63) is 35.5 Å². The maximum Gasteiger partial charge on any atom is 0.321 e. The molecule has 1 unspecified atom stereocenters. The maximum atomic E-state index is 10.8. The monoisotopic (exact) mass is 261 g/mol. The van der Waals surface area contributed by atoms with Crippen LogP contribution in [0.15, 0.2) is 24.3 Å². The molecule has 0 bridgehead atoms. The minimum atomic E-state index is -0.970. The van der Waals surface area contributed by atoms with Gasteiger partial charge in [0.25, 0.3) is 0 Å². The van der Waals surface area contributed by atoms with E-state index in [1.165, 1.54) is 10.9 Å². The molecule has 1 heterocycles. The summed E-state index contributed by atoms with van der Waals surface area (Å²) in [5.74, 6) is -0.970. The molecular weight excluding hydrogens is 242 g/mol. The highest BCUT2D eigenvalue weighted by Gasteiger charge is 2.16. The number of carboxylic acids is 1. The number of aromatic nitrogens is 1. The number of hydrogen-bond donors (Lipinski definition) is 3. The van der Waals surface area contributed by atoms with Crippen molar-refractivity contribution in [3.63, 3.8) is 0 Å². The molecule has 1 aromatic carbocycles. The van der Waals surface area contributed by atoms with Crippen molar-refractivity contribution < 1.29 is 9.90 Å². The number of nitrogens with two attached hydrogens (primary N) is 1. The Morgan fingerprint density at radius 3 is 2.84 bits per heavy atom. The molecule has 2 rings (SSSR count). The third-order valence-corrected chi connectivity index (χ3v) is 3.28. The number of para-hydroxylation sites is 1. The van der Waals surface area contributed by atoms with Crippen LogP contribution in [0, 0.1) is 6.92 Å². The van der Waals surface area contributed by atoms with Gasteiger partial charge in [0.15, 0.2) is 0 Å². The fraction of sp³-hybridized carbons (Fsp3) is 0.357. The summed E-state index contributed by atoms with van der Waals surface area (Å²) in [6, 6.07) is 7.25. The number of aryl methyl sites for hydroxylation is 1. The Bertz CT molecular complexity index is 591. The van der Waals surface area contributed by atoms with Crippen LogP contribution in [0.4, 0.5) is 0 Å². The van der Waals surface area contributed by atoms with Crippen molar-refractivity contribution in [1.82, 2.24) is 9.88 Å². The second-order valence-electron chi connectivity index (χ2n) is 4.92. The summed E-state index contributed by atoms with van der Waals surface area (Å²) in [4.78, 5) is 16.0. The van der Waals surface area contributed by atoms with E-state index in [0.717, 1.165) is 11.2 Å². The van der Waals surface area contributed by atoms with E-state index in [-0.39, 0.29) is 0 Å². The molecule has 1 atom stereocenters. The Kier molecular flexibility index (Phi) is 3.87. The summed E-state index contributed by atoms with van der Waals surface area (Å²) < 4.78 is 0. The Morgan fingerprint density at radius 2 is 2.16 bits per heavy atom. The Morgan fingerprint density at radius 1 is 1.47 bits per heavy atom. The average molecular weight is 261 g/mol. The smallest absolute Gasteiger partial charge is 0.321 e. The van der Waals surface area contributed by atoms with Gasteiger partial charge in [-0.1, -0.05) is 18.2 Å². The second kappa shape index (κ2) is 5.42. The van der Waals surface area contributed by atoms with Gasteiger partial charge in [0, 0.05) is 29.7 Å². The molecule has 5 heteroatoms. The Balaban J connectivity index is 2.17. The van der Waals surface area contributed by atoms with Gasteiger partial charge in [-0.05, 0) is 25.6 Å². The SMILES string of the molecule is Cc1[nH]c2ccccc2c1CN(C)CC(N)C(=O)O. The lowest BCUT2D eigenvalue weighted by Gasteiger charge is -2.19. The van der Waals surface area contributed by atoms with Gasteiger partial charge in [-0.3, -0.25) is 9.69 Å². The first-order valence-corrected chi connectivity index (χ1v) is 6.22. The predicted octanol–water partition coefficient (Wildman–Crippen LogP) is 1.32. The zero-order valence-corrected chi connectivity index (χ0v) is 11.2. The summed E-state index contributed by atoms with van der Waals surface area (Å²) >= 11 is 0. The highest BCUT2D eigenvalue weighted by atomic mass is 16.4. The molecule has 0 aliphatic carbocycles. The van der Waals surface area contributed by atoms with Crippen molar-refractivity contribution in [1.29, 1.82) is 0 Å². The molecule has 0 radical (unpaired) electrons. The van der Waals surface area contributed by atoms with Gasteiger partial charge in [-0.2, -0.15) is 0 Å². The van der Waals surface area contributed by atoms with Gasteiger partial charge in [-0.15, -0.1) is 0 Å². The normalized spacial score (nSPS) is 13.1. The van der Waals surface area contributed by atoms with Crippen LogP contribution >= 0.6 is 0 Å². The summed E-state index contributed by atoms with van der Waals surface area (Å²) in [5.41, 5.74) is 8.95. The van der Waals surface area contributed by atoms with Crippen molar-refractivity contribution in [2.45, 2.75) is 19.5 Å². The van der Waals surface area contributed by atoms with E-state index in [1.54, 1.807) is 0 Å². The number of aromatic amines is 1. The third-order valence-electron chi connectivity index (χ3n) is 3.28. The molecule has 0 fully saturated rings. The number of nitrogens with zero attached hydrogens (tertiary/aromatic N) is 1. The number of H-pyrrole nitrogens is 1. The number of rotatable bonds is 5. The maximum absolute atomic E-state index is 10.8. The molecule has 0 amide bonds. The van der Waals surface area contributed by atoms with Crippen LogP contribution in [0.5, 0.6) is 0 Å². The number of likely N-dealkylation sites (N-methyl/N-ethyl adjacent to an activating group) is 1. The highest BCUT2D eigenvalue weighted by molar-refractivity contribution is 5.84. The second-order valence-corrected chi connectivity index (χ2v) is 4.92. The van der Waals surface area contributed by atoms with Gasteiger partial charge < -0.3 is 15.8 Å². The van der Waals surface area contributed by atoms with Gasteiger partial charge in [-0.25, -0.2) is 0 Å². The molecule has 19 heavy (non-hydrogen) atoms. The topological polar surface area (TPSA) is 82.3 Å². The predicted molar refractivity (Wildman–Crippen MR) is 75.0 cm³/mol. The molecule has 4 N–H and O–H groups in total. The van der Waals surface area contributed by atoms with Crippen molar-refractivity contribution in [2.24, 2.45) is 5.73 Å². The van der Waals surface area contributed by atoms with E-state index in [2.05, 4.69) is 11.1 Å². The van der Waals surface area contributed by atoms with E-state index in [1.807, 2.05) is 37.1 Å². The van der Waals surface area contributed by atoms with Crippen LogP contribution in [0.3, 0.4) is 0 Å². The Hall–Kier alpha value is -1.85. The molecule has 2 aromatic rings. The van der Waals surface area contributed by atoms with Crippen LogP contribution in [0.1, 0.15) is 11.3 Å². The molecule has 0 saturated carbocycles. The first kappa shape index (κ1) is 13.6. The summed E-state index contributed by atoms with van der Waals surface area (Å²) in [6.07, 6.45) is 0. The lowest BCUT2D eigenvalue weighted by atomic mass is 10.1. The molecule has 0 spiro atoms. The van der Waals surface area contributed by atoms with Crippen LogP contribution in [0.2, 0.25) is 0 Å².